The zero-order valence-corrected chi connectivity index (χ0v) is 17.1. The number of benzene rings is 2. The number of amides is 1. The monoisotopic (exact) mass is 396 g/mol. The second-order valence-electron chi connectivity index (χ2n) is 7.35. The molecule has 1 heterocycles. The number of nitrogens with one attached hydrogen (secondary N) is 1. The number of hydrogen-bond acceptors (Lipinski definition) is 4. The maximum absolute atomic E-state index is 12.5. The molecule has 6 heteroatoms. The molecule has 0 spiro atoms. The molecule has 2 aromatic rings. The fourth-order valence-electron chi connectivity index (χ4n) is 3.50. The van der Waals surface area contributed by atoms with Gasteiger partial charge in [-0.2, -0.15) is 5.26 Å². The van der Waals surface area contributed by atoms with E-state index in [0.717, 1.165) is 43.9 Å². The molecule has 2 aromatic carbocycles. The minimum atomic E-state index is -0.0330. The molecule has 0 radical (unpaired) electrons. The van der Waals surface area contributed by atoms with E-state index in [4.69, 9.17) is 16.9 Å². The Hall–Kier alpha value is -2.39. The third-order valence-corrected chi connectivity index (χ3v) is 5.32. The van der Waals surface area contributed by atoms with Gasteiger partial charge >= 0.3 is 0 Å². The van der Waals surface area contributed by atoms with E-state index in [-0.39, 0.29) is 5.91 Å². The van der Waals surface area contributed by atoms with Crippen molar-refractivity contribution in [3.8, 4) is 6.07 Å². The first-order valence-corrected chi connectivity index (χ1v) is 9.83. The zero-order chi connectivity index (χ0) is 20.1. The van der Waals surface area contributed by atoms with Gasteiger partial charge in [0.05, 0.1) is 28.9 Å². The van der Waals surface area contributed by atoms with E-state index in [0.29, 0.717) is 22.8 Å². The van der Waals surface area contributed by atoms with Crippen LogP contribution in [0.25, 0.3) is 0 Å². The molecule has 0 atom stereocenters. The summed E-state index contributed by atoms with van der Waals surface area (Å²) in [7, 11) is 0. The number of piperazine rings is 1. The Morgan fingerprint density at radius 2 is 1.75 bits per heavy atom. The molecule has 1 aliphatic heterocycles. The predicted molar refractivity (Wildman–Crippen MR) is 112 cm³/mol. The molecular formula is C22H25ClN4O. The van der Waals surface area contributed by atoms with Crippen molar-refractivity contribution in [1.29, 1.82) is 5.26 Å². The van der Waals surface area contributed by atoms with Crippen LogP contribution in [0.2, 0.25) is 5.02 Å². The predicted octanol–water partition coefficient (Wildman–Crippen LogP) is 3.58. The fourth-order valence-corrected chi connectivity index (χ4v) is 3.87. The number of anilines is 1. The summed E-state index contributed by atoms with van der Waals surface area (Å²) in [4.78, 5) is 17.0. The molecule has 5 nitrogen and oxygen atoms in total. The highest BCUT2D eigenvalue weighted by Gasteiger charge is 2.20. The molecule has 146 valence electrons. The Balaban J connectivity index is 1.47. The van der Waals surface area contributed by atoms with Crippen LogP contribution < -0.4 is 5.32 Å². The van der Waals surface area contributed by atoms with Gasteiger partial charge in [0.2, 0.25) is 5.91 Å². The van der Waals surface area contributed by atoms with E-state index in [9.17, 15) is 4.79 Å². The summed E-state index contributed by atoms with van der Waals surface area (Å²) in [5.41, 5.74) is 4.65. The van der Waals surface area contributed by atoms with Crippen LogP contribution in [-0.2, 0) is 11.3 Å². The van der Waals surface area contributed by atoms with Crippen LogP contribution in [0.4, 0.5) is 5.69 Å². The average molecular weight is 397 g/mol. The second kappa shape index (κ2) is 9.20. The van der Waals surface area contributed by atoms with E-state index < -0.39 is 0 Å². The number of nitriles is 1. The molecule has 3 rings (SSSR count). The number of halogens is 1. The van der Waals surface area contributed by atoms with Gasteiger partial charge in [-0.05, 0) is 48.7 Å². The van der Waals surface area contributed by atoms with Gasteiger partial charge in [-0.25, -0.2) is 0 Å². The first kappa shape index (κ1) is 20.3. The molecule has 0 saturated carbocycles. The number of aryl methyl sites for hydroxylation is 2. The maximum atomic E-state index is 12.5. The molecule has 1 amide bonds. The van der Waals surface area contributed by atoms with Crippen molar-refractivity contribution in [3.63, 3.8) is 0 Å². The van der Waals surface area contributed by atoms with Gasteiger partial charge in [-0.1, -0.05) is 29.8 Å². The summed E-state index contributed by atoms with van der Waals surface area (Å²) < 4.78 is 0. The van der Waals surface area contributed by atoms with Gasteiger partial charge in [0, 0.05) is 32.7 Å². The van der Waals surface area contributed by atoms with Crippen LogP contribution >= 0.6 is 11.6 Å². The van der Waals surface area contributed by atoms with E-state index in [1.165, 1.54) is 5.56 Å². The zero-order valence-electron chi connectivity index (χ0n) is 16.3. The lowest BCUT2D eigenvalue weighted by molar-refractivity contribution is -0.117. The largest absolute Gasteiger partial charge is 0.323 e. The van der Waals surface area contributed by atoms with Gasteiger partial charge in [-0.15, -0.1) is 0 Å². The van der Waals surface area contributed by atoms with Crippen molar-refractivity contribution in [2.24, 2.45) is 0 Å². The highest BCUT2D eigenvalue weighted by molar-refractivity contribution is 6.34. The van der Waals surface area contributed by atoms with E-state index >= 15 is 0 Å². The van der Waals surface area contributed by atoms with Gasteiger partial charge in [0.1, 0.15) is 0 Å². The Bertz CT molecular complexity index is 857. The van der Waals surface area contributed by atoms with Crippen molar-refractivity contribution >= 4 is 23.2 Å². The van der Waals surface area contributed by atoms with Crippen molar-refractivity contribution in [1.82, 2.24) is 9.80 Å². The lowest BCUT2D eigenvalue weighted by atomic mass is 10.1. The van der Waals surface area contributed by atoms with E-state index in [2.05, 4.69) is 21.2 Å². The van der Waals surface area contributed by atoms with Crippen molar-refractivity contribution in [2.75, 3.05) is 38.0 Å². The van der Waals surface area contributed by atoms with Gasteiger partial charge < -0.3 is 5.32 Å². The van der Waals surface area contributed by atoms with Crippen LogP contribution in [0.3, 0.4) is 0 Å². The van der Waals surface area contributed by atoms with Crippen molar-refractivity contribution in [2.45, 2.75) is 20.4 Å². The third kappa shape index (κ3) is 5.32. The fraction of sp³-hybridized carbons (Fsp3) is 0.364. The van der Waals surface area contributed by atoms with Crippen molar-refractivity contribution < 1.29 is 4.79 Å². The number of carbonyl (C=O) groups is 1. The topological polar surface area (TPSA) is 59.4 Å². The molecule has 0 unspecified atom stereocenters. The molecule has 1 saturated heterocycles. The Morgan fingerprint density at radius 3 is 2.36 bits per heavy atom. The van der Waals surface area contributed by atoms with Crippen molar-refractivity contribution in [3.05, 3.63) is 63.7 Å². The summed E-state index contributed by atoms with van der Waals surface area (Å²) >= 11 is 6.28. The Morgan fingerprint density at radius 1 is 1.11 bits per heavy atom. The average Bonchev–Trinajstić information content (AvgIpc) is 2.67. The molecule has 0 aliphatic carbocycles. The summed E-state index contributed by atoms with van der Waals surface area (Å²) in [6.07, 6.45) is 0. The summed E-state index contributed by atoms with van der Waals surface area (Å²) in [6, 6.07) is 13.7. The highest BCUT2D eigenvalue weighted by Crippen LogP contribution is 2.27. The number of rotatable bonds is 5. The van der Waals surface area contributed by atoms with Crippen LogP contribution in [0.15, 0.2) is 36.4 Å². The quantitative estimate of drug-likeness (QED) is 0.839. The van der Waals surface area contributed by atoms with Crippen LogP contribution in [0.1, 0.15) is 22.3 Å². The first-order valence-electron chi connectivity index (χ1n) is 9.45. The number of hydrogen-bond donors (Lipinski definition) is 1. The molecular weight excluding hydrogens is 372 g/mol. The lowest BCUT2D eigenvalue weighted by Gasteiger charge is -2.34. The van der Waals surface area contributed by atoms with Crippen LogP contribution in [0, 0.1) is 25.2 Å². The molecule has 0 aromatic heterocycles. The molecule has 1 N–H and O–H groups in total. The number of nitrogens with zero attached hydrogens (tertiary/aromatic N) is 3. The second-order valence-corrected chi connectivity index (χ2v) is 7.76. The highest BCUT2D eigenvalue weighted by atomic mass is 35.5. The Kier molecular flexibility index (Phi) is 6.69. The molecule has 1 fully saturated rings. The van der Waals surface area contributed by atoms with E-state index in [1.54, 1.807) is 0 Å². The SMILES string of the molecule is Cc1cc(C)c(NC(=O)CN2CCN(Cc3ccc(C#N)cc3)CC2)c(Cl)c1. The lowest BCUT2D eigenvalue weighted by Crippen LogP contribution is -2.48. The standard InChI is InChI=1S/C22H25ClN4O/c1-16-11-17(2)22(20(23)12-16)25-21(28)15-27-9-7-26(8-10-27)14-19-5-3-18(13-24)4-6-19/h3-6,11-12H,7-10,14-15H2,1-2H3,(H,25,28). The molecule has 28 heavy (non-hydrogen) atoms. The molecule has 0 bridgehead atoms. The van der Waals surface area contributed by atoms with Crippen LogP contribution in [-0.4, -0.2) is 48.4 Å². The smallest absolute Gasteiger partial charge is 0.238 e. The van der Waals surface area contributed by atoms with Gasteiger partial charge in [0.25, 0.3) is 0 Å². The van der Waals surface area contributed by atoms with E-state index in [1.807, 2.05) is 50.2 Å². The minimum absolute atomic E-state index is 0.0330. The van der Waals surface area contributed by atoms with Crippen LogP contribution in [0.5, 0.6) is 0 Å². The molecule has 1 aliphatic rings. The summed E-state index contributed by atoms with van der Waals surface area (Å²) in [6.45, 7) is 8.71. The summed E-state index contributed by atoms with van der Waals surface area (Å²) in [5, 5.41) is 12.4. The minimum Gasteiger partial charge on any atom is -0.323 e. The Labute approximate surface area is 171 Å². The summed E-state index contributed by atoms with van der Waals surface area (Å²) in [5.74, 6) is -0.0330. The number of carbonyl (C=O) groups excluding carboxylic acids is 1. The first-order chi connectivity index (χ1) is 13.4. The normalized spacial score (nSPS) is 15.2. The van der Waals surface area contributed by atoms with Gasteiger partial charge in [0.15, 0.2) is 0 Å². The third-order valence-electron chi connectivity index (χ3n) is 5.02. The van der Waals surface area contributed by atoms with Gasteiger partial charge in [-0.3, -0.25) is 14.6 Å². The maximum Gasteiger partial charge on any atom is 0.238 e.